The molecule has 0 heterocycles. The standard InChI is InChI=1S/C24H25NO/c1-2-3-19-25(22-17-11-6-12-18-22)24(26)23(20-13-7-4-8-14-20)21-15-9-5-10-16-21/h4-18,23H,2-3,19H2,1H3. The van der Waals surface area contributed by atoms with Crippen molar-refractivity contribution in [2.45, 2.75) is 25.7 Å². The van der Waals surface area contributed by atoms with Crippen molar-refractivity contribution in [3.05, 3.63) is 102 Å². The van der Waals surface area contributed by atoms with E-state index in [1.54, 1.807) is 0 Å². The summed E-state index contributed by atoms with van der Waals surface area (Å²) < 4.78 is 0. The van der Waals surface area contributed by atoms with Crippen LogP contribution < -0.4 is 4.90 Å². The summed E-state index contributed by atoms with van der Waals surface area (Å²) in [5, 5.41) is 0. The second-order valence-electron chi connectivity index (χ2n) is 6.43. The number of rotatable bonds is 7. The third-order valence-electron chi connectivity index (χ3n) is 4.58. The van der Waals surface area contributed by atoms with Crippen molar-refractivity contribution >= 4 is 11.6 Å². The summed E-state index contributed by atoms with van der Waals surface area (Å²) >= 11 is 0. The largest absolute Gasteiger partial charge is 0.312 e. The Morgan fingerprint density at radius 3 is 1.69 bits per heavy atom. The molecule has 1 amide bonds. The molecule has 2 heteroatoms. The van der Waals surface area contributed by atoms with Crippen molar-refractivity contribution in [2.75, 3.05) is 11.4 Å². The number of unbranched alkanes of at least 4 members (excludes halogenated alkanes) is 1. The molecule has 0 saturated carbocycles. The molecule has 0 aliphatic carbocycles. The van der Waals surface area contributed by atoms with Gasteiger partial charge in [-0.15, -0.1) is 0 Å². The fourth-order valence-electron chi connectivity index (χ4n) is 3.22. The summed E-state index contributed by atoms with van der Waals surface area (Å²) in [5.41, 5.74) is 3.02. The van der Waals surface area contributed by atoms with Gasteiger partial charge in [-0.25, -0.2) is 0 Å². The molecule has 0 saturated heterocycles. The van der Waals surface area contributed by atoms with Crippen LogP contribution >= 0.6 is 0 Å². The van der Waals surface area contributed by atoms with Gasteiger partial charge in [-0.2, -0.15) is 0 Å². The van der Waals surface area contributed by atoms with Gasteiger partial charge in [0.15, 0.2) is 0 Å². The molecular formula is C24H25NO. The molecule has 0 unspecified atom stereocenters. The summed E-state index contributed by atoms with van der Waals surface area (Å²) in [6.45, 7) is 2.88. The van der Waals surface area contributed by atoms with Crippen molar-refractivity contribution in [3.63, 3.8) is 0 Å². The average molecular weight is 343 g/mol. The van der Waals surface area contributed by atoms with E-state index in [2.05, 4.69) is 6.92 Å². The number of hydrogen-bond acceptors (Lipinski definition) is 1. The van der Waals surface area contributed by atoms with Gasteiger partial charge in [0.1, 0.15) is 0 Å². The first-order chi connectivity index (χ1) is 12.8. The molecule has 3 aromatic carbocycles. The highest BCUT2D eigenvalue weighted by Crippen LogP contribution is 2.29. The van der Waals surface area contributed by atoms with E-state index >= 15 is 0 Å². The number of carbonyl (C=O) groups excluding carboxylic acids is 1. The van der Waals surface area contributed by atoms with E-state index in [4.69, 9.17) is 0 Å². The van der Waals surface area contributed by atoms with Crippen LogP contribution in [0.3, 0.4) is 0 Å². The van der Waals surface area contributed by atoms with E-state index in [0.29, 0.717) is 0 Å². The molecule has 0 bridgehead atoms. The Balaban J connectivity index is 2.02. The molecule has 0 aromatic heterocycles. The number of carbonyl (C=O) groups is 1. The van der Waals surface area contributed by atoms with Crippen LogP contribution in [0, 0.1) is 0 Å². The van der Waals surface area contributed by atoms with Crippen LogP contribution in [-0.4, -0.2) is 12.5 Å². The lowest BCUT2D eigenvalue weighted by atomic mass is 9.89. The first-order valence-electron chi connectivity index (χ1n) is 9.27. The summed E-state index contributed by atoms with van der Waals surface area (Å²) in [6, 6.07) is 30.1. The lowest BCUT2D eigenvalue weighted by Crippen LogP contribution is -2.36. The predicted octanol–water partition coefficient (Wildman–Crippen LogP) is 5.65. The summed E-state index contributed by atoms with van der Waals surface area (Å²) in [6.07, 6.45) is 2.04. The zero-order valence-electron chi connectivity index (χ0n) is 15.2. The zero-order chi connectivity index (χ0) is 18.2. The summed E-state index contributed by atoms with van der Waals surface area (Å²) in [4.78, 5) is 15.6. The molecule has 0 aliphatic rings. The van der Waals surface area contributed by atoms with Crippen LogP contribution in [0.2, 0.25) is 0 Å². The van der Waals surface area contributed by atoms with E-state index in [1.165, 1.54) is 0 Å². The number of nitrogens with zero attached hydrogens (tertiary/aromatic N) is 1. The fraction of sp³-hybridized carbons (Fsp3) is 0.208. The molecule has 26 heavy (non-hydrogen) atoms. The minimum absolute atomic E-state index is 0.127. The van der Waals surface area contributed by atoms with E-state index in [9.17, 15) is 4.79 Å². The minimum atomic E-state index is -0.297. The number of benzene rings is 3. The van der Waals surface area contributed by atoms with Gasteiger partial charge in [0.05, 0.1) is 5.92 Å². The van der Waals surface area contributed by atoms with Crippen molar-refractivity contribution in [2.24, 2.45) is 0 Å². The molecule has 3 aromatic rings. The van der Waals surface area contributed by atoms with E-state index in [0.717, 1.165) is 36.2 Å². The van der Waals surface area contributed by atoms with E-state index < -0.39 is 0 Å². The Kier molecular flexibility index (Phi) is 6.21. The second-order valence-corrected chi connectivity index (χ2v) is 6.43. The lowest BCUT2D eigenvalue weighted by Gasteiger charge is -2.28. The number of hydrogen-bond donors (Lipinski definition) is 0. The first kappa shape index (κ1) is 17.9. The highest BCUT2D eigenvalue weighted by molar-refractivity contribution is 6.00. The van der Waals surface area contributed by atoms with Crippen molar-refractivity contribution in [1.82, 2.24) is 0 Å². The maximum atomic E-state index is 13.7. The van der Waals surface area contributed by atoms with Crippen molar-refractivity contribution < 1.29 is 4.79 Å². The lowest BCUT2D eigenvalue weighted by molar-refractivity contribution is -0.119. The van der Waals surface area contributed by atoms with Gasteiger partial charge >= 0.3 is 0 Å². The Morgan fingerprint density at radius 1 is 0.769 bits per heavy atom. The van der Waals surface area contributed by atoms with Gasteiger partial charge in [-0.1, -0.05) is 92.2 Å². The number of para-hydroxylation sites is 1. The molecule has 132 valence electrons. The second kappa shape index (κ2) is 9.00. The predicted molar refractivity (Wildman–Crippen MR) is 108 cm³/mol. The zero-order valence-corrected chi connectivity index (χ0v) is 15.2. The van der Waals surface area contributed by atoms with Crippen molar-refractivity contribution in [1.29, 1.82) is 0 Å². The molecule has 3 rings (SSSR count). The summed E-state index contributed by atoms with van der Waals surface area (Å²) in [7, 11) is 0. The van der Waals surface area contributed by atoms with Crippen LogP contribution in [0.15, 0.2) is 91.0 Å². The highest BCUT2D eigenvalue weighted by atomic mass is 16.2. The van der Waals surface area contributed by atoms with E-state index in [1.807, 2.05) is 95.9 Å². The van der Waals surface area contributed by atoms with Crippen LogP contribution in [-0.2, 0) is 4.79 Å². The average Bonchev–Trinajstić information content (AvgIpc) is 2.71. The Morgan fingerprint density at radius 2 is 1.23 bits per heavy atom. The number of anilines is 1. The van der Waals surface area contributed by atoms with Crippen LogP contribution in [0.1, 0.15) is 36.8 Å². The van der Waals surface area contributed by atoms with Crippen LogP contribution in [0.4, 0.5) is 5.69 Å². The van der Waals surface area contributed by atoms with Crippen LogP contribution in [0.25, 0.3) is 0 Å². The van der Waals surface area contributed by atoms with Gasteiger partial charge in [0.25, 0.3) is 0 Å². The molecule has 0 N–H and O–H groups in total. The summed E-state index contributed by atoms with van der Waals surface area (Å²) in [5.74, 6) is -0.170. The number of amides is 1. The molecule has 0 aliphatic heterocycles. The maximum absolute atomic E-state index is 13.7. The Hall–Kier alpha value is -2.87. The fourth-order valence-corrected chi connectivity index (χ4v) is 3.22. The van der Waals surface area contributed by atoms with Gasteiger partial charge in [0.2, 0.25) is 5.91 Å². The normalized spacial score (nSPS) is 10.7. The Bertz CT molecular complexity index is 760. The quantitative estimate of drug-likeness (QED) is 0.543. The van der Waals surface area contributed by atoms with Gasteiger partial charge in [-0.05, 0) is 29.7 Å². The van der Waals surface area contributed by atoms with Gasteiger partial charge < -0.3 is 4.90 Å². The SMILES string of the molecule is CCCCN(C(=O)C(c1ccccc1)c1ccccc1)c1ccccc1. The molecule has 2 nitrogen and oxygen atoms in total. The third kappa shape index (κ3) is 4.20. The Labute approximate surface area is 156 Å². The minimum Gasteiger partial charge on any atom is -0.312 e. The third-order valence-corrected chi connectivity index (χ3v) is 4.58. The molecular weight excluding hydrogens is 318 g/mol. The van der Waals surface area contributed by atoms with Gasteiger partial charge in [-0.3, -0.25) is 4.79 Å². The maximum Gasteiger partial charge on any atom is 0.238 e. The van der Waals surface area contributed by atoms with E-state index in [-0.39, 0.29) is 11.8 Å². The van der Waals surface area contributed by atoms with Crippen LogP contribution in [0.5, 0.6) is 0 Å². The highest BCUT2D eigenvalue weighted by Gasteiger charge is 2.28. The monoisotopic (exact) mass is 343 g/mol. The molecule has 0 spiro atoms. The van der Waals surface area contributed by atoms with Crippen molar-refractivity contribution in [3.8, 4) is 0 Å². The first-order valence-corrected chi connectivity index (χ1v) is 9.27. The molecule has 0 fully saturated rings. The molecule has 0 atom stereocenters. The topological polar surface area (TPSA) is 20.3 Å². The van der Waals surface area contributed by atoms with Gasteiger partial charge in [0, 0.05) is 12.2 Å². The molecule has 0 radical (unpaired) electrons. The smallest absolute Gasteiger partial charge is 0.238 e.